The number of allylic oxidation sites excluding steroid dienone is 4. The lowest BCUT2D eigenvalue weighted by Crippen LogP contribution is -2.29. The van der Waals surface area contributed by atoms with Crippen LogP contribution in [0.3, 0.4) is 0 Å². The Hall–Kier alpha value is -1.77. The quantitative estimate of drug-likeness (QED) is 0.0368. The number of phosphoric ester groups is 1. The maximum Gasteiger partial charge on any atom is 0.469 e. The van der Waals surface area contributed by atoms with Crippen LogP contribution in [0.5, 0.6) is 0 Å². The molecule has 0 spiro atoms. The van der Waals surface area contributed by atoms with E-state index in [4.69, 9.17) is 19.3 Å². The Bertz CT molecular complexity index is 758. The van der Waals surface area contributed by atoms with E-state index in [1.54, 1.807) is 6.08 Å². The SMILES string of the molecule is CC/C=C/CC(O)/C=C/C=C/CCCCCCCC(=O)O[C@H](COC(=O)CCCCCCC)COP(=O)(O)O. The summed E-state index contributed by atoms with van der Waals surface area (Å²) in [7, 11) is -4.75. The zero-order chi connectivity index (χ0) is 29.2. The molecule has 2 atom stereocenters. The molecule has 0 radical (unpaired) electrons. The highest BCUT2D eigenvalue weighted by molar-refractivity contribution is 7.46. The number of aliphatic hydroxyl groups is 1. The monoisotopic (exact) mass is 574 g/mol. The number of unbranched alkanes of at least 4 members (excludes halogenated alkanes) is 9. The van der Waals surface area contributed by atoms with E-state index in [0.717, 1.165) is 64.2 Å². The number of esters is 2. The van der Waals surface area contributed by atoms with Gasteiger partial charge < -0.3 is 24.4 Å². The molecule has 3 N–H and O–H groups in total. The van der Waals surface area contributed by atoms with Crippen molar-refractivity contribution < 1.29 is 43.0 Å². The fraction of sp³-hybridized carbons (Fsp3) is 0.724. The lowest BCUT2D eigenvalue weighted by Gasteiger charge is -2.18. The van der Waals surface area contributed by atoms with E-state index >= 15 is 0 Å². The van der Waals surface area contributed by atoms with Crippen molar-refractivity contribution in [2.24, 2.45) is 0 Å². The Morgan fingerprint density at radius 3 is 2.10 bits per heavy atom. The van der Waals surface area contributed by atoms with Gasteiger partial charge in [0.05, 0.1) is 12.7 Å². The summed E-state index contributed by atoms with van der Waals surface area (Å²) in [5.41, 5.74) is 0. The summed E-state index contributed by atoms with van der Waals surface area (Å²) < 4.78 is 25.9. The van der Waals surface area contributed by atoms with Gasteiger partial charge in [0.2, 0.25) is 0 Å². The van der Waals surface area contributed by atoms with Crippen molar-refractivity contribution in [1.82, 2.24) is 0 Å². The van der Waals surface area contributed by atoms with Gasteiger partial charge in [0.1, 0.15) is 6.61 Å². The molecular weight excluding hydrogens is 523 g/mol. The second kappa shape index (κ2) is 25.2. The van der Waals surface area contributed by atoms with E-state index in [9.17, 15) is 19.3 Å². The fourth-order valence-electron chi connectivity index (χ4n) is 3.58. The largest absolute Gasteiger partial charge is 0.469 e. The maximum atomic E-state index is 12.2. The first-order valence-electron chi connectivity index (χ1n) is 14.4. The molecule has 0 amide bonds. The van der Waals surface area contributed by atoms with Gasteiger partial charge in [-0.3, -0.25) is 14.1 Å². The molecule has 1 unspecified atom stereocenters. The molecule has 39 heavy (non-hydrogen) atoms. The van der Waals surface area contributed by atoms with Crippen molar-refractivity contribution in [2.75, 3.05) is 13.2 Å². The van der Waals surface area contributed by atoms with Crippen LogP contribution < -0.4 is 0 Å². The number of carbonyl (C=O) groups is 2. The van der Waals surface area contributed by atoms with Crippen molar-refractivity contribution in [3.05, 3.63) is 36.5 Å². The smallest absolute Gasteiger partial charge is 0.462 e. The minimum atomic E-state index is -4.75. The highest BCUT2D eigenvalue weighted by atomic mass is 31.2. The van der Waals surface area contributed by atoms with E-state index in [0.29, 0.717) is 19.3 Å². The molecule has 0 fully saturated rings. The molecule has 0 aliphatic rings. The van der Waals surface area contributed by atoms with Crippen molar-refractivity contribution in [2.45, 2.75) is 122 Å². The molecule has 0 aromatic carbocycles. The average Bonchev–Trinajstić information content (AvgIpc) is 2.88. The van der Waals surface area contributed by atoms with E-state index in [1.165, 1.54) is 0 Å². The zero-order valence-corrected chi connectivity index (χ0v) is 24.8. The van der Waals surface area contributed by atoms with Gasteiger partial charge in [0, 0.05) is 12.8 Å². The Labute approximate surface area is 234 Å². The van der Waals surface area contributed by atoms with Gasteiger partial charge >= 0.3 is 19.8 Å². The summed E-state index contributed by atoms with van der Waals surface area (Å²) in [4.78, 5) is 42.0. The predicted molar refractivity (Wildman–Crippen MR) is 153 cm³/mol. The van der Waals surface area contributed by atoms with Crippen molar-refractivity contribution in [3.8, 4) is 0 Å². The Morgan fingerprint density at radius 1 is 0.795 bits per heavy atom. The lowest BCUT2D eigenvalue weighted by molar-refractivity contribution is -0.161. The van der Waals surface area contributed by atoms with Gasteiger partial charge in [0.15, 0.2) is 6.10 Å². The Balaban J connectivity index is 4.12. The first-order valence-corrected chi connectivity index (χ1v) is 15.9. The second-order valence-corrected chi connectivity index (χ2v) is 10.8. The molecule has 0 rings (SSSR count). The molecular formula is C29H51O9P. The van der Waals surface area contributed by atoms with Crippen molar-refractivity contribution >= 4 is 19.8 Å². The number of carbonyl (C=O) groups excluding carboxylic acids is 2. The summed E-state index contributed by atoms with van der Waals surface area (Å²) in [5.74, 6) is -0.959. The Morgan fingerprint density at radius 2 is 1.44 bits per heavy atom. The van der Waals surface area contributed by atoms with Crippen LogP contribution in [0.2, 0.25) is 0 Å². The molecule has 0 bridgehead atoms. The maximum absolute atomic E-state index is 12.2. The summed E-state index contributed by atoms with van der Waals surface area (Å²) >= 11 is 0. The van der Waals surface area contributed by atoms with Gasteiger partial charge in [-0.15, -0.1) is 0 Å². The van der Waals surface area contributed by atoms with E-state index in [2.05, 4.69) is 24.4 Å². The van der Waals surface area contributed by atoms with Crippen LogP contribution in [0.4, 0.5) is 0 Å². The minimum absolute atomic E-state index is 0.165. The molecule has 0 saturated heterocycles. The third kappa shape index (κ3) is 27.6. The first-order chi connectivity index (χ1) is 18.7. The van der Waals surface area contributed by atoms with Crippen LogP contribution in [-0.4, -0.2) is 52.3 Å². The number of ether oxygens (including phenoxy) is 2. The molecule has 0 heterocycles. The Kier molecular flexibility index (Phi) is 24.1. The number of phosphoric acid groups is 1. The highest BCUT2D eigenvalue weighted by Crippen LogP contribution is 2.35. The summed E-state index contributed by atoms with van der Waals surface area (Å²) in [6.45, 7) is 3.30. The summed E-state index contributed by atoms with van der Waals surface area (Å²) in [6.07, 6.45) is 22.5. The standard InChI is InChI=1S/C29H51O9P/c1-3-5-7-13-18-22-28(31)36-24-27(25-37-39(33,34)35)38-29(32)23-19-15-12-10-8-9-11-14-17-21-26(30)20-16-6-4-2/h6,11,14,16-17,21,26-27,30H,3-5,7-10,12-13,15,18-20,22-25H2,1-2H3,(H2,33,34,35)/b14-11+,16-6+,21-17+/t26?,27-/m1/s1. The van der Waals surface area contributed by atoms with Gasteiger partial charge in [-0.1, -0.05) is 95.2 Å². The van der Waals surface area contributed by atoms with E-state index in [1.807, 2.05) is 24.3 Å². The van der Waals surface area contributed by atoms with Gasteiger partial charge in [0.25, 0.3) is 0 Å². The van der Waals surface area contributed by atoms with E-state index in [-0.39, 0.29) is 19.4 Å². The van der Waals surface area contributed by atoms with E-state index < -0.39 is 38.6 Å². The van der Waals surface area contributed by atoms with Gasteiger partial charge in [-0.05, 0) is 38.5 Å². The van der Waals surface area contributed by atoms with Crippen LogP contribution in [0.1, 0.15) is 110 Å². The molecule has 0 aliphatic carbocycles. The van der Waals surface area contributed by atoms with Crippen LogP contribution in [0.15, 0.2) is 36.5 Å². The van der Waals surface area contributed by atoms with Crippen LogP contribution in [0.25, 0.3) is 0 Å². The number of rotatable bonds is 25. The van der Waals surface area contributed by atoms with Crippen LogP contribution >= 0.6 is 7.82 Å². The topological polar surface area (TPSA) is 140 Å². The number of aliphatic hydroxyl groups excluding tert-OH is 1. The van der Waals surface area contributed by atoms with Crippen LogP contribution in [0, 0.1) is 0 Å². The zero-order valence-electron chi connectivity index (χ0n) is 23.9. The lowest BCUT2D eigenvalue weighted by atomic mass is 10.1. The molecule has 10 heteroatoms. The van der Waals surface area contributed by atoms with Crippen molar-refractivity contribution in [1.29, 1.82) is 0 Å². The molecule has 226 valence electrons. The van der Waals surface area contributed by atoms with Gasteiger partial charge in [-0.2, -0.15) is 0 Å². The number of hydrogen-bond donors (Lipinski definition) is 3. The molecule has 0 aromatic heterocycles. The summed E-state index contributed by atoms with van der Waals surface area (Å²) in [5, 5.41) is 9.78. The molecule has 0 aromatic rings. The van der Waals surface area contributed by atoms with Crippen LogP contribution in [-0.2, 0) is 28.2 Å². The average molecular weight is 575 g/mol. The normalized spacial score (nSPS) is 13.9. The first kappa shape index (κ1) is 37.2. The molecule has 0 aliphatic heterocycles. The van der Waals surface area contributed by atoms with Gasteiger partial charge in [-0.25, -0.2) is 4.57 Å². The summed E-state index contributed by atoms with van der Waals surface area (Å²) in [6, 6.07) is 0. The highest BCUT2D eigenvalue weighted by Gasteiger charge is 2.22. The third-order valence-electron chi connectivity index (χ3n) is 5.75. The van der Waals surface area contributed by atoms with Crippen molar-refractivity contribution in [3.63, 3.8) is 0 Å². The third-order valence-corrected chi connectivity index (χ3v) is 6.24. The predicted octanol–water partition coefficient (Wildman–Crippen LogP) is 6.47. The fourth-order valence-corrected chi connectivity index (χ4v) is 3.94. The second-order valence-electron chi connectivity index (χ2n) is 9.55. The molecule has 9 nitrogen and oxygen atoms in total. The number of hydrogen-bond acceptors (Lipinski definition) is 7. The minimum Gasteiger partial charge on any atom is -0.462 e. The molecule has 0 saturated carbocycles.